The number of nitrogens with zero attached hydrogens (tertiary/aromatic N) is 1. The van der Waals surface area contributed by atoms with Gasteiger partial charge in [0.1, 0.15) is 0 Å². The van der Waals surface area contributed by atoms with Crippen LogP contribution in [0.2, 0.25) is 0 Å². The lowest BCUT2D eigenvalue weighted by molar-refractivity contribution is -0.134. The summed E-state index contributed by atoms with van der Waals surface area (Å²) in [6, 6.07) is 17.8. The zero-order valence-electron chi connectivity index (χ0n) is 14.0. The van der Waals surface area contributed by atoms with Crippen molar-refractivity contribution >= 4 is 27.3 Å². The summed E-state index contributed by atoms with van der Waals surface area (Å²) in [6.45, 7) is 2.51. The molecule has 0 bridgehead atoms. The number of fused-ring (bicyclic) bond motifs is 1. The number of amides is 1. The van der Waals surface area contributed by atoms with Gasteiger partial charge in [0.2, 0.25) is 5.91 Å². The van der Waals surface area contributed by atoms with E-state index >= 15 is 0 Å². The Morgan fingerprint density at radius 2 is 1.79 bits per heavy atom. The Morgan fingerprint density at radius 1 is 1.12 bits per heavy atom. The summed E-state index contributed by atoms with van der Waals surface area (Å²) in [5, 5.41) is 3.36. The second-order valence-electron chi connectivity index (χ2n) is 6.18. The summed E-state index contributed by atoms with van der Waals surface area (Å²) < 4.78 is 1.25. The molecule has 2 N–H and O–H groups in total. The minimum absolute atomic E-state index is 0.0710. The van der Waals surface area contributed by atoms with Crippen molar-refractivity contribution in [3.8, 4) is 0 Å². The van der Waals surface area contributed by atoms with E-state index in [4.69, 9.17) is 5.73 Å². The van der Waals surface area contributed by atoms with Crippen molar-refractivity contribution in [1.82, 2.24) is 4.90 Å². The second-order valence-corrected chi connectivity index (χ2v) is 7.09. The Labute approximate surface area is 146 Å². The number of hydrogen-bond donors (Lipinski definition) is 1. The largest absolute Gasteiger partial charge is 0.341 e. The predicted molar refractivity (Wildman–Crippen MR) is 101 cm³/mol. The molecule has 1 amide bonds. The van der Waals surface area contributed by atoms with Crippen LogP contribution in [0.3, 0.4) is 0 Å². The van der Waals surface area contributed by atoms with Crippen LogP contribution in [-0.4, -0.2) is 17.9 Å². The number of nitrogens with two attached hydrogens (primary N) is 1. The van der Waals surface area contributed by atoms with E-state index in [1.807, 2.05) is 56.4 Å². The molecule has 0 saturated heterocycles. The standard InChI is InChI=1S/C20H22N2OS/c1-14(19(21)15-8-4-3-5-9-15)20(23)22(2)12-16-13-24-18-11-7-6-10-17(16)18/h3-11,13-14,19H,12,21H2,1-2H3. The molecule has 3 nitrogen and oxygen atoms in total. The average Bonchev–Trinajstić information content (AvgIpc) is 3.03. The van der Waals surface area contributed by atoms with Crippen LogP contribution < -0.4 is 5.73 Å². The van der Waals surface area contributed by atoms with Crippen LogP contribution >= 0.6 is 11.3 Å². The van der Waals surface area contributed by atoms with Gasteiger partial charge in [-0.1, -0.05) is 55.5 Å². The number of hydrogen-bond acceptors (Lipinski definition) is 3. The molecule has 3 rings (SSSR count). The van der Waals surface area contributed by atoms with Gasteiger partial charge in [-0.05, 0) is 28.0 Å². The van der Waals surface area contributed by atoms with E-state index in [-0.39, 0.29) is 17.9 Å². The molecule has 0 radical (unpaired) electrons. The van der Waals surface area contributed by atoms with Crippen LogP contribution in [0.25, 0.3) is 10.1 Å². The SMILES string of the molecule is CC(C(=O)N(C)Cc1csc2ccccc12)C(N)c1ccccc1. The fourth-order valence-electron chi connectivity index (χ4n) is 2.95. The summed E-state index contributed by atoms with van der Waals surface area (Å²) in [4.78, 5) is 14.5. The topological polar surface area (TPSA) is 46.3 Å². The van der Waals surface area contributed by atoms with E-state index in [0.29, 0.717) is 6.54 Å². The maximum absolute atomic E-state index is 12.8. The molecule has 4 heteroatoms. The second kappa shape index (κ2) is 7.16. The quantitative estimate of drug-likeness (QED) is 0.758. The van der Waals surface area contributed by atoms with Crippen LogP contribution in [0.15, 0.2) is 60.0 Å². The molecule has 2 aromatic carbocycles. The van der Waals surface area contributed by atoms with Gasteiger partial charge >= 0.3 is 0 Å². The highest BCUT2D eigenvalue weighted by molar-refractivity contribution is 7.17. The molecule has 0 aliphatic heterocycles. The van der Waals surface area contributed by atoms with Gasteiger partial charge in [-0.3, -0.25) is 4.79 Å². The van der Waals surface area contributed by atoms with Gasteiger partial charge in [-0.25, -0.2) is 0 Å². The number of carbonyl (C=O) groups is 1. The Balaban J connectivity index is 1.72. The lowest BCUT2D eigenvalue weighted by Gasteiger charge is -2.25. The lowest BCUT2D eigenvalue weighted by Crippen LogP contribution is -2.36. The smallest absolute Gasteiger partial charge is 0.227 e. The minimum atomic E-state index is -0.291. The summed E-state index contributed by atoms with van der Waals surface area (Å²) in [5.74, 6) is -0.191. The third kappa shape index (κ3) is 3.35. The van der Waals surface area contributed by atoms with E-state index in [1.54, 1.807) is 16.2 Å². The molecule has 2 atom stereocenters. The summed E-state index contributed by atoms with van der Waals surface area (Å²) in [7, 11) is 1.85. The maximum Gasteiger partial charge on any atom is 0.227 e. The summed E-state index contributed by atoms with van der Waals surface area (Å²) in [6.07, 6.45) is 0. The fraction of sp³-hybridized carbons (Fsp3) is 0.250. The molecule has 1 aromatic heterocycles. The monoisotopic (exact) mass is 338 g/mol. The van der Waals surface area contributed by atoms with Gasteiger partial charge in [0, 0.05) is 24.3 Å². The molecular weight excluding hydrogens is 316 g/mol. The molecule has 0 spiro atoms. The maximum atomic E-state index is 12.8. The van der Waals surface area contributed by atoms with E-state index in [0.717, 1.165) is 5.56 Å². The highest BCUT2D eigenvalue weighted by Gasteiger charge is 2.25. The first-order chi connectivity index (χ1) is 11.6. The van der Waals surface area contributed by atoms with Crippen LogP contribution in [-0.2, 0) is 11.3 Å². The highest BCUT2D eigenvalue weighted by Crippen LogP contribution is 2.27. The average molecular weight is 338 g/mol. The Morgan fingerprint density at radius 3 is 2.54 bits per heavy atom. The first-order valence-corrected chi connectivity index (χ1v) is 8.96. The first kappa shape index (κ1) is 16.7. The van der Waals surface area contributed by atoms with E-state index in [2.05, 4.69) is 17.5 Å². The number of rotatable bonds is 5. The number of thiophene rings is 1. The number of carbonyl (C=O) groups excluding carboxylic acids is 1. The molecule has 0 aliphatic carbocycles. The van der Waals surface area contributed by atoms with E-state index in [1.165, 1.54) is 15.6 Å². The molecule has 124 valence electrons. The van der Waals surface area contributed by atoms with Crippen molar-refractivity contribution in [3.05, 3.63) is 71.1 Å². The van der Waals surface area contributed by atoms with Crippen molar-refractivity contribution in [2.24, 2.45) is 11.7 Å². The highest BCUT2D eigenvalue weighted by atomic mass is 32.1. The van der Waals surface area contributed by atoms with Crippen LogP contribution in [0, 0.1) is 5.92 Å². The molecule has 0 saturated carbocycles. The zero-order valence-corrected chi connectivity index (χ0v) is 14.8. The molecule has 0 fully saturated rings. The lowest BCUT2D eigenvalue weighted by atomic mass is 9.94. The number of benzene rings is 2. The van der Waals surface area contributed by atoms with Gasteiger partial charge in [-0.2, -0.15) is 0 Å². The first-order valence-electron chi connectivity index (χ1n) is 8.08. The van der Waals surface area contributed by atoms with Gasteiger partial charge in [0.25, 0.3) is 0 Å². The van der Waals surface area contributed by atoms with Crippen molar-refractivity contribution < 1.29 is 4.79 Å². The van der Waals surface area contributed by atoms with Crippen molar-refractivity contribution in [3.63, 3.8) is 0 Å². The third-order valence-corrected chi connectivity index (χ3v) is 5.47. The fourth-order valence-corrected chi connectivity index (χ4v) is 3.91. The molecular formula is C20H22N2OS. The normalized spacial score (nSPS) is 13.6. The zero-order chi connectivity index (χ0) is 17.1. The molecule has 0 aliphatic rings. The van der Waals surface area contributed by atoms with Crippen LogP contribution in [0.4, 0.5) is 0 Å². The summed E-state index contributed by atoms with van der Waals surface area (Å²) >= 11 is 1.72. The Kier molecular flexibility index (Phi) is 4.97. The molecule has 1 heterocycles. The van der Waals surface area contributed by atoms with Gasteiger partial charge < -0.3 is 10.6 Å². The van der Waals surface area contributed by atoms with E-state index in [9.17, 15) is 4.79 Å². The van der Waals surface area contributed by atoms with Gasteiger partial charge in [-0.15, -0.1) is 11.3 Å². The van der Waals surface area contributed by atoms with Crippen molar-refractivity contribution in [2.45, 2.75) is 19.5 Å². The van der Waals surface area contributed by atoms with E-state index < -0.39 is 0 Å². The predicted octanol–water partition coefficient (Wildman–Crippen LogP) is 4.20. The Bertz CT molecular complexity index is 828. The molecule has 3 aromatic rings. The minimum Gasteiger partial charge on any atom is -0.341 e. The summed E-state index contributed by atoms with van der Waals surface area (Å²) in [5.41, 5.74) is 8.48. The van der Waals surface area contributed by atoms with Crippen LogP contribution in [0.1, 0.15) is 24.1 Å². The van der Waals surface area contributed by atoms with Crippen molar-refractivity contribution in [2.75, 3.05) is 7.05 Å². The van der Waals surface area contributed by atoms with Gasteiger partial charge in [0.15, 0.2) is 0 Å². The van der Waals surface area contributed by atoms with Gasteiger partial charge in [0.05, 0.1) is 5.92 Å². The Hall–Kier alpha value is -2.17. The molecule has 2 unspecified atom stereocenters. The van der Waals surface area contributed by atoms with Crippen LogP contribution in [0.5, 0.6) is 0 Å². The third-order valence-electron chi connectivity index (χ3n) is 4.46. The molecule has 24 heavy (non-hydrogen) atoms. The van der Waals surface area contributed by atoms with Crippen molar-refractivity contribution in [1.29, 1.82) is 0 Å².